The Balaban J connectivity index is 2.11. The number of carbonyl (C=O) groups excluding carboxylic acids is 1. The average molecular weight is 391 g/mol. The number of carbonyl (C=O) groups is 1. The number of nitrogens with one attached hydrogen (secondary N) is 4. The number of methoxy groups -OCH3 is 1. The summed E-state index contributed by atoms with van der Waals surface area (Å²) in [5.74, 6) is -1.19. The SMILES string of the molecule is COC[C@H](C)N/C(=N/C(=O)c1ccc(F)cc1)NC1CC(C(F)(F)F)NN1. The quantitative estimate of drug-likeness (QED) is 0.344. The number of aliphatic imine (C=N–C) groups is 1. The highest BCUT2D eigenvalue weighted by atomic mass is 19.4. The van der Waals surface area contributed by atoms with Crippen LogP contribution in [-0.2, 0) is 4.74 Å². The third kappa shape index (κ3) is 6.45. The highest BCUT2D eigenvalue weighted by Gasteiger charge is 2.44. The van der Waals surface area contributed by atoms with Gasteiger partial charge in [0, 0.05) is 25.1 Å². The fourth-order valence-electron chi connectivity index (χ4n) is 2.42. The minimum atomic E-state index is -4.40. The van der Waals surface area contributed by atoms with E-state index in [0.29, 0.717) is 0 Å². The molecule has 0 aliphatic carbocycles. The Labute approximate surface area is 153 Å². The summed E-state index contributed by atoms with van der Waals surface area (Å²) < 4.78 is 56.3. The van der Waals surface area contributed by atoms with E-state index in [1.165, 1.54) is 19.2 Å². The van der Waals surface area contributed by atoms with Crippen LogP contribution in [0.15, 0.2) is 29.3 Å². The number of halogens is 4. The van der Waals surface area contributed by atoms with Crippen LogP contribution in [0.3, 0.4) is 0 Å². The summed E-state index contributed by atoms with van der Waals surface area (Å²) in [6.07, 6.45) is -5.51. The van der Waals surface area contributed by atoms with Crippen LogP contribution < -0.4 is 21.5 Å². The number of amides is 1. The molecule has 2 unspecified atom stereocenters. The lowest BCUT2D eigenvalue weighted by molar-refractivity contribution is -0.153. The number of benzene rings is 1. The third-order valence-corrected chi connectivity index (χ3v) is 3.71. The van der Waals surface area contributed by atoms with Crippen molar-refractivity contribution in [2.24, 2.45) is 4.99 Å². The molecular weight excluding hydrogens is 370 g/mol. The van der Waals surface area contributed by atoms with Crippen LogP contribution in [0.2, 0.25) is 0 Å². The van der Waals surface area contributed by atoms with Crippen molar-refractivity contribution in [2.45, 2.75) is 37.8 Å². The molecule has 27 heavy (non-hydrogen) atoms. The van der Waals surface area contributed by atoms with Gasteiger partial charge in [-0.1, -0.05) is 0 Å². The Morgan fingerprint density at radius 3 is 2.56 bits per heavy atom. The third-order valence-electron chi connectivity index (χ3n) is 3.71. The number of rotatable bonds is 5. The molecular formula is C16H21F4N5O2. The smallest absolute Gasteiger partial charge is 0.383 e. The van der Waals surface area contributed by atoms with Crippen molar-refractivity contribution in [2.75, 3.05) is 13.7 Å². The number of guanidine groups is 1. The van der Waals surface area contributed by atoms with E-state index in [1.54, 1.807) is 6.92 Å². The second-order valence-corrected chi connectivity index (χ2v) is 6.09. The van der Waals surface area contributed by atoms with Crippen LogP contribution in [0.5, 0.6) is 0 Å². The van der Waals surface area contributed by atoms with E-state index < -0.39 is 30.1 Å². The van der Waals surface area contributed by atoms with Crippen molar-refractivity contribution >= 4 is 11.9 Å². The first kappa shape index (κ1) is 21.1. The van der Waals surface area contributed by atoms with Gasteiger partial charge in [-0.05, 0) is 31.2 Å². The molecule has 0 saturated carbocycles. The molecule has 1 fully saturated rings. The lowest BCUT2D eigenvalue weighted by Crippen LogP contribution is -2.52. The van der Waals surface area contributed by atoms with Crippen molar-refractivity contribution in [3.63, 3.8) is 0 Å². The molecule has 1 amide bonds. The van der Waals surface area contributed by atoms with Gasteiger partial charge in [0.15, 0.2) is 0 Å². The lowest BCUT2D eigenvalue weighted by Gasteiger charge is -2.20. The number of hydrogen-bond donors (Lipinski definition) is 4. The Bertz CT molecular complexity index is 666. The number of alkyl halides is 3. The van der Waals surface area contributed by atoms with Gasteiger partial charge in [-0.25, -0.2) is 15.2 Å². The molecule has 2 rings (SSSR count). The number of nitrogens with zero attached hydrogens (tertiary/aromatic N) is 1. The molecule has 150 valence electrons. The standard InChI is InChI=1S/C16H21F4N5O2/c1-9(8-27-2)21-15(22-13-7-12(24-25-13)16(18,19)20)23-14(26)10-3-5-11(17)6-4-10/h3-6,9,12-13,24-25H,7-8H2,1-2H3,(H2,21,22,23,26)/t9-,12?,13?/m0/s1. The minimum Gasteiger partial charge on any atom is -0.383 e. The first-order valence-electron chi connectivity index (χ1n) is 8.17. The van der Waals surface area contributed by atoms with Gasteiger partial charge in [-0.3, -0.25) is 4.79 Å². The van der Waals surface area contributed by atoms with E-state index in [1.807, 2.05) is 0 Å². The van der Waals surface area contributed by atoms with E-state index in [9.17, 15) is 22.4 Å². The van der Waals surface area contributed by atoms with Gasteiger partial charge in [0.05, 0.1) is 12.8 Å². The Hall–Kier alpha value is -2.24. The molecule has 0 aromatic heterocycles. The van der Waals surface area contributed by atoms with Crippen LogP contribution in [0, 0.1) is 5.82 Å². The van der Waals surface area contributed by atoms with Crippen molar-refractivity contribution in [1.82, 2.24) is 21.5 Å². The summed E-state index contributed by atoms with van der Waals surface area (Å²) in [5.41, 5.74) is 4.77. The van der Waals surface area contributed by atoms with Gasteiger partial charge in [0.1, 0.15) is 11.9 Å². The number of hydrogen-bond acceptors (Lipinski definition) is 4. The second kappa shape index (κ2) is 9.11. The number of hydrazine groups is 1. The van der Waals surface area contributed by atoms with E-state index in [-0.39, 0.29) is 30.6 Å². The van der Waals surface area contributed by atoms with Crippen LogP contribution in [0.4, 0.5) is 17.6 Å². The molecule has 7 nitrogen and oxygen atoms in total. The molecule has 0 radical (unpaired) electrons. The highest BCUT2D eigenvalue weighted by Crippen LogP contribution is 2.24. The molecule has 1 aliphatic heterocycles. The van der Waals surface area contributed by atoms with E-state index in [0.717, 1.165) is 12.1 Å². The van der Waals surface area contributed by atoms with E-state index in [4.69, 9.17) is 4.74 Å². The lowest BCUT2D eigenvalue weighted by atomic mass is 10.2. The van der Waals surface area contributed by atoms with Crippen LogP contribution in [0.25, 0.3) is 0 Å². The van der Waals surface area contributed by atoms with Crippen LogP contribution >= 0.6 is 0 Å². The summed E-state index contributed by atoms with van der Waals surface area (Å²) in [6.45, 7) is 2.04. The molecule has 0 spiro atoms. The molecule has 11 heteroatoms. The van der Waals surface area contributed by atoms with Gasteiger partial charge in [0.25, 0.3) is 5.91 Å². The summed E-state index contributed by atoms with van der Waals surface area (Å²) in [6, 6.07) is 2.79. The van der Waals surface area contributed by atoms with Gasteiger partial charge < -0.3 is 15.4 Å². The largest absolute Gasteiger partial charge is 0.405 e. The molecule has 0 bridgehead atoms. The highest BCUT2D eigenvalue weighted by molar-refractivity contribution is 6.02. The van der Waals surface area contributed by atoms with Crippen molar-refractivity contribution in [3.05, 3.63) is 35.6 Å². The predicted molar refractivity (Wildman–Crippen MR) is 90.3 cm³/mol. The molecule has 1 aliphatic rings. The minimum absolute atomic E-state index is 0.0176. The van der Waals surface area contributed by atoms with E-state index in [2.05, 4.69) is 26.5 Å². The van der Waals surface area contributed by atoms with Gasteiger partial charge in [-0.15, -0.1) is 0 Å². The maximum atomic E-state index is 13.0. The molecule has 4 N–H and O–H groups in total. The fourth-order valence-corrected chi connectivity index (χ4v) is 2.42. The first-order chi connectivity index (χ1) is 12.7. The van der Waals surface area contributed by atoms with Crippen LogP contribution in [-0.4, -0.2) is 50.0 Å². The Morgan fingerprint density at radius 2 is 2.00 bits per heavy atom. The zero-order valence-corrected chi connectivity index (χ0v) is 14.7. The second-order valence-electron chi connectivity index (χ2n) is 6.09. The van der Waals surface area contributed by atoms with Crippen molar-refractivity contribution in [1.29, 1.82) is 0 Å². The molecule has 1 aromatic carbocycles. The molecule has 1 saturated heterocycles. The summed E-state index contributed by atoms with van der Waals surface area (Å²) in [5, 5.41) is 5.61. The zero-order chi connectivity index (χ0) is 20.0. The maximum absolute atomic E-state index is 13.0. The monoisotopic (exact) mass is 391 g/mol. The van der Waals surface area contributed by atoms with E-state index >= 15 is 0 Å². The molecule has 1 aromatic rings. The summed E-state index contributed by atoms with van der Waals surface area (Å²) in [7, 11) is 1.49. The average Bonchev–Trinajstić information content (AvgIpc) is 3.04. The van der Waals surface area contributed by atoms with Gasteiger partial charge in [0.2, 0.25) is 5.96 Å². The Morgan fingerprint density at radius 1 is 1.33 bits per heavy atom. The van der Waals surface area contributed by atoms with Gasteiger partial charge >= 0.3 is 6.18 Å². The predicted octanol–water partition coefficient (Wildman–Crippen LogP) is 1.29. The summed E-state index contributed by atoms with van der Waals surface area (Å²) >= 11 is 0. The first-order valence-corrected chi connectivity index (χ1v) is 8.17. The topological polar surface area (TPSA) is 86.8 Å². The Kier molecular flexibility index (Phi) is 7.11. The van der Waals surface area contributed by atoms with Crippen molar-refractivity contribution < 1.29 is 27.1 Å². The normalized spacial score (nSPS) is 21.8. The van der Waals surface area contributed by atoms with Crippen LogP contribution in [0.1, 0.15) is 23.7 Å². The molecule has 1 heterocycles. The van der Waals surface area contributed by atoms with Gasteiger partial charge in [-0.2, -0.15) is 18.2 Å². The maximum Gasteiger partial charge on any atom is 0.405 e. The van der Waals surface area contributed by atoms with Crippen molar-refractivity contribution in [3.8, 4) is 0 Å². The number of ether oxygens (including phenoxy) is 1. The summed E-state index contributed by atoms with van der Waals surface area (Å²) in [4.78, 5) is 16.1. The fraction of sp³-hybridized carbons (Fsp3) is 0.500. The molecule has 3 atom stereocenters. The zero-order valence-electron chi connectivity index (χ0n) is 14.7.